The van der Waals surface area contributed by atoms with E-state index < -0.39 is 12.0 Å². The van der Waals surface area contributed by atoms with Crippen molar-refractivity contribution in [2.24, 2.45) is 5.92 Å². The summed E-state index contributed by atoms with van der Waals surface area (Å²) < 4.78 is 0. The van der Waals surface area contributed by atoms with Crippen LogP contribution in [-0.2, 0) is 22.6 Å². The Morgan fingerprint density at radius 3 is 2.50 bits per heavy atom. The third-order valence-corrected chi connectivity index (χ3v) is 4.54. The molecule has 0 bridgehead atoms. The van der Waals surface area contributed by atoms with E-state index in [0.29, 0.717) is 25.3 Å². The molecule has 2 aliphatic rings. The van der Waals surface area contributed by atoms with Gasteiger partial charge >= 0.3 is 5.97 Å². The van der Waals surface area contributed by atoms with Crippen molar-refractivity contribution in [3.8, 4) is 0 Å². The van der Waals surface area contributed by atoms with Gasteiger partial charge < -0.3 is 10.0 Å². The summed E-state index contributed by atoms with van der Waals surface area (Å²) in [6.45, 7) is 0.429. The minimum atomic E-state index is -0.901. The van der Waals surface area contributed by atoms with E-state index in [1.165, 1.54) is 6.42 Å². The fourth-order valence-electron chi connectivity index (χ4n) is 3.07. The summed E-state index contributed by atoms with van der Waals surface area (Å²) in [4.78, 5) is 25.4. The maximum absolute atomic E-state index is 12.4. The quantitative estimate of drug-likeness (QED) is 0.918. The molecule has 1 aliphatic carbocycles. The molecule has 1 fully saturated rings. The Kier molecular flexibility index (Phi) is 3.47. The Hall–Kier alpha value is -1.84. The monoisotopic (exact) mass is 273 g/mol. The highest BCUT2D eigenvalue weighted by atomic mass is 16.4. The summed E-state index contributed by atoms with van der Waals surface area (Å²) in [5.41, 5.74) is 2.12. The number of hydrogen-bond acceptors (Lipinski definition) is 2. The number of aliphatic carboxylic acids is 1. The molecule has 0 saturated heterocycles. The lowest BCUT2D eigenvalue weighted by atomic mass is 9.82. The molecule has 0 spiro atoms. The number of rotatable bonds is 3. The van der Waals surface area contributed by atoms with Crippen molar-refractivity contribution in [3.05, 3.63) is 35.4 Å². The van der Waals surface area contributed by atoms with Crippen molar-refractivity contribution < 1.29 is 14.7 Å². The molecule has 4 nitrogen and oxygen atoms in total. The highest BCUT2D eigenvalue weighted by molar-refractivity contribution is 5.84. The van der Waals surface area contributed by atoms with Crippen LogP contribution >= 0.6 is 0 Å². The van der Waals surface area contributed by atoms with Gasteiger partial charge in [0.1, 0.15) is 6.04 Å². The van der Waals surface area contributed by atoms with Crippen LogP contribution in [0.15, 0.2) is 24.3 Å². The average molecular weight is 273 g/mol. The van der Waals surface area contributed by atoms with E-state index in [-0.39, 0.29) is 5.91 Å². The molecule has 1 aromatic carbocycles. The van der Waals surface area contributed by atoms with Gasteiger partial charge in [-0.25, -0.2) is 4.79 Å². The smallest absolute Gasteiger partial charge is 0.326 e. The van der Waals surface area contributed by atoms with E-state index in [9.17, 15) is 14.7 Å². The van der Waals surface area contributed by atoms with Crippen molar-refractivity contribution in [2.75, 3.05) is 0 Å². The van der Waals surface area contributed by atoms with E-state index in [2.05, 4.69) is 0 Å². The molecular formula is C16H19NO3. The first-order valence-electron chi connectivity index (χ1n) is 7.24. The average Bonchev–Trinajstić information content (AvgIpc) is 2.41. The number of benzene rings is 1. The van der Waals surface area contributed by atoms with Gasteiger partial charge in [0.2, 0.25) is 5.91 Å². The predicted molar refractivity (Wildman–Crippen MR) is 74.1 cm³/mol. The maximum atomic E-state index is 12.4. The topological polar surface area (TPSA) is 57.6 Å². The summed E-state index contributed by atoms with van der Waals surface area (Å²) in [5, 5.41) is 9.39. The largest absolute Gasteiger partial charge is 0.480 e. The SMILES string of the molecule is O=C(O)[C@@H]1Cc2ccccc2CN1C(=O)CC1CCC1. The van der Waals surface area contributed by atoms with Gasteiger partial charge in [-0.3, -0.25) is 4.79 Å². The van der Waals surface area contributed by atoms with Crippen molar-refractivity contribution in [3.63, 3.8) is 0 Å². The highest BCUT2D eigenvalue weighted by Gasteiger charge is 2.35. The molecule has 20 heavy (non-hydrogen) atoms. The summed E-state index contributed by atoms with van der Waals surface area (Å²) in [6.07, 6.45) is 4.33. The van der Waals surface area contributed by atoms with Gasteiger partial charge in [0.05, 0.1) is 0 Å². The first kappa shape index (κ1) is 13.2. The number of fused-ring (bicyclic) bond motifs is 1. The molecular weight excluding hydrogens is 254 g/mol. The normalized spacial score (nSPS) is 22.0. The lowest BCUT2D eigenvalue weighted by molar-refractivity contribution is -0.152. The van der Waals surface area contributed by atoms with E-state index in [1.54, 1.807) is 4.90 Å². The fraction of sp³-hybridized carbons (Fsp3) is 0.500. The number of nitrogens with zero attached hydrogens (tertiary/aromatic N) is 1. The van der Waals surface area contributed by atoms with E-state index >= 15 is 0 Å². The van der Waals surface area contributed by atoms with Gasteiger partial charge in [0, 0.05) is 19.4 Å². The minimum Gasteiger partial charge on any atom is -0.480 e. The zero-order valence-electron chi connectivity index (χ0n) is 11.4. The van der Waals surface area contributed by atoms with Crippen LogP contribution < -0.4 is 0 Å². The van der Waals surface area contributed by atoms with E-state index in [1.807, 2.05) is 24.3 Å². The molecule has 1 heterocycles. The molecule has 0 aromatic heterocycles. The van der Waals surface area contributed by atoms with Crippen LogP contribution in [0.1, 0.15) is 36.8 Å². The molecule has 0 unspecified atom stereocenters. The van der Waals surface area contributed by atoms with Crippen LogP contribution in [-0.4, -0.2) is 27.9 Å². The second-order valence-electron chi connectivity index (χ2n) is 5.85. The first-order valence-corrected chi connectivity index (χ1v) is 7.24. The summed E-state index contributed by atoms with van der Waals surface area (Å²) in [7, 11) is 0. The third kappa shape index (κ3) is 2.42. The minimum absolute atomic E-state index is 0.00315. The van der Waals surface area contributed by atoms with Gasteiger partial charge in [-0.1, -0.05) is 30.7 Å². The Bertz CT molecular complexity index is 536. The zero-order valence-corrected chi connectivity index (χ0v) is 11.4. The van der Waals surface area contributed by atoms with Gasteiger partial charge in [-0.05, 0) is 29.9 Å². The first-order chi connectivity index (χ1) is 9.65. The van der Waals surface area contributed by atoms with Crippen molar-refractivity contribution >= 4 is 11.9 Å². The Morgan fingerprint density at radius 1 is 1.20 bits per heavy atom. The number of carboxylic acid groups (broad SMARTS) is 1. The molecule has 0 radical (unpaired) electrons. The van der Waals surface area contributed by atoms with E-state index in [4.69, 9.17) is 0 Å². The molecule has 1 amide bonds. The summed E-state index contributed by atoms with van der Waals surface area (Å²) in [6, 6.07) is 7.09. The molecule has 4 heteroatoms. The van der Waals surface area contributed by atoms with Crippen LogP contribution in [0.5, 0.6) is 0 Å². The van der Waals surface area contributed by atoms with Gasteiger partial charge in [-0.15, -0.1) is 0 Å². The van der Waals surface area contributed by atoms with E-state index in [0.717, 1.165) is 24.0 Å². The van der Waals surface area contributed by atoms with Crippen molar-refractivity contribution in [1.29, 1.82) is 0 Å². The van der Waals surface area contributed by atoms with Crippen molar-refractivity contribution in [1.82, 2.24) is 4.90 Å². The molecule has 3 rings (SSSR count). The molecule has 106 valence electrons. The Labute approximate surface area is 118 Å². The number of amides is 1. The standard InChI is InChI=1S/C16H19NO3/c18-15(8-11-4-3-5-11)17-10-13-7-2-1-6-12(13)9-14(17)16(19)20/h1-2,6-7,11,14H,3-5,8-10H2,(H,19,20)/t14-/m0/s1. The lowest BCUT2D eigenvalue weighted by Gasteiger charge is -2.36. The van der Waals surface area contributed by atoms with Gasteiger partial charge in [0.25, 0.3) is 0 Å². The fourth-order valence-corrected chi connectivity index (χ4v) is 3.07. The lowest BCUT2D eigenvalue weighted by Crippen LogP contribution is -2.49. The number of hydrogen-bond donors (Lipinski definition) is 1. The van der Waals surface area contributed by atoms with Crippen LogP contribution in [0.3, 0.4) is 0 Å². The zero-order chi connectivity index (χ0) is 14.1. The molecule has 1 aromatic rings. The molecule has 1 saturated carbocycles. The van der Waals surface area contributed by atoms with Crippen LogP contribution in [0.25, 0.3) is 0 Å². The Morgan fingerprint density at radius 2 is 1.90 bits per heavy atom. The number of carbonyl (C=O) groups excluding carboxylic acids is 1. The predicted octanol–water partition coefficient (Wildman–Crippen LogP) is 2.21. The van der Waals surface area contributed by atoms with Crippen LogP contribution in [0, 0.1) is 5.92 Å². The molecule has 1 N–H and O–H groups in total. The number of carboxylic acids is 1. The third-order valence-electron chi connectivity index (χ3n) is 4.54. The second kappa shape index (κ2) is 5.27. The van der Waals surface area contributed by atoms with Crippen LogP contribution in [0.2, 0.25) is 0 Å². The molecule has 1 aliphatic heterocycles. The maximum Gasteiger partial charge on any atom is 0.326 e. The van der Waals surface area contributed by atoms with Crippen LogP contribution in [0.4, 0.5) is 0 Å². The second-order valence-corrected chi connectivity index (χ2v) is 5.85. The van der Waals surface area contributed by atoms with Gasteiger partial charge in [-0.2, -0.15) is 0 Å². The highest BCUT2D eigenvalue weighted by Crippen LogP contribution is 2.31. The molecule has 1 atom stereocenters. The number of carbonyl (C=O) groups is 2. The summed E-state index contributed by atoms with van der Waals surface area (Å²) in [5.74, 6) is -0.438. The Balaban J connectivity index is 1.80. The van der Waals surface area contributed by atoms with Gasteiger partial charge in [0.15, 0.2) is 0 Å². The van der Waals surface area contributed by atoms with Crippen molar-refractivity contribution in [2.45, 2.75) is 44.7 Å². The summed E-state index contributed by atoms with van der Waals surface area (Å²) >= 11 is 0.